The van der Waals surface area contributed by atoms with Crippen LogP contribution in [0.3, 0.4) is 0 Å². The SMILES string of the molecule is O=[N+]([O-])c1ccc(CN2CCN(c3ccc(S(=O)(=O)NCc4ccccn4)cc3[N+](=O)[O-])CC2)cc1. The number of hydrogen-bond acceptors (Lipinski definition) is 9. The summed E-state index contributed by atoms with van der Waals surface area (Å²) in [6.07, 6.45) is 1.55. The van der Waals surface area contributed by atoms with Crippen molar-refractivity contribution in [1.29, 1.82) is 0 Å². The quantitative estimate of drug-likeness (QED) is 0.337. The number of nitrogens with one attached hydrogen (secondary N) is 1. The summed E-state index contributed by atoms with van der Waals surface area (Å²) in [7, 11) is -3.98. The minimum atomic E-state index is -3.98. The molecule has 1 saturated heterocycles. The molecule has 0 amide bonds. The van der Waals surface area contributed by atoms with Crippen LogP contribution >= 0.6 is 0 Å². The Bertz CT molecular complexity index is 1340. The van der Waals surface area contributed by atoms with E-state index in [-0.39, 0.29) is 22.8 Å². The van der Waals surface area contributed by atoms with E-state index in [0.717, 1.165) is 11.6 Å². The van der Waals surface area contributed by atoms with E-state index in [0.29, 0.717) is 44.1 Å². The molecule has 1 N–H and O–H groups in total. The largest absolute Gasteiger partial charge is 0.363 e. The molecule has 4 rings (SSSR count). The Balaban J connectivity index is 1.42. The number of nitro benzene ring substituents is 2. The van der Waals surface area contributed by atoms with E-state index in [4.69, 9.17) is 0 Å². The molecule has 36 heavy (non-hydrogen) atoms. The Kier molecular flexibility index (Phi) is 7.52. The van der Waals surface area contributed by atoms with Crippen molar-refractivity contribution in [2.24, 2.45) is 0 Å². The molecule has 0 spiro atoms. The molecular weight excluding hydrogens is 488 g/mol. The summed E-state index contributed by atoms with van der Waals surface area (Å²) in [5.41, 5.74) is 1.58. The second kappa shape index (κ2) is 10.8. The summed E-state index contributed by atoms with van der Waals surface area (Å²) in [6.45, 7) is 2.85. The van der Waals surface area contributed by atoms with E-state index < -0.39 is 19.9 Å². The zero-order valence-electron chi connectivity index (χ0n) is 19.2. The van der Waals surface area contributed by atoms with Crippen molar-refractivity contribution in [3.8, 4) is 0 Å². The molecule has 1 fully saturated rings. The Morgan fingerprint density at radius 3 is 2.25 bits per heavy atom. The first kappa shape index (κ1) is 25.2. The van der Waals surface area contributed by atoms with Crippen LogP contribution in [0.25, 0.3) is 0 Å². The smallest absolute Gasteiger partial charge is 0.293 e. The monoisotopic (exact) mass is 512 g/mol. The number of benzene rings is 2. The molecule has 13 heteroatoms. The molecule has 1 aliphatic heterocycles. The Morgan fingerprint density at radius 1 is 0.917 bits per heavy atom. The highest BCUT2D eigenvalue weighted by atomic mass is 32.2. The highest BCUT2D eigenvalue weighted by Gasteiger charge is 2.27. The number of pyridine rings is 1. The normalized spacial score (nSPS) is 14.5. The number of sulfonamides is 1. The molecule has 0 bridgehead atoms. The van der Waals surface area contributed by atoms with E-state index in [9.17, 15) is 28.6 Å². The zero-order chi connectivity index (χ0) is 25.7. The minimum Gasteiger partial charge on any atom is -0.363 e. The molecule has 2 aromatic carbocycles. The number of hydrogen-bond donors (Lipinski definition) is 1. The lowest BCUT2D eigenvalue weighted by molar-refractivity contribution is -0.384. The van der Waals surface area contributed by atoms with Gasteiger partial charge in [0.25, 0.3) is 11.4 Å². The van der Waals surface area contributed by atoms with Crippen LogP contribution in [0.5, 0.6) is 0 Å². The van der Waals surface area contributed by atoms with Crippen molar-refractivity contribution in [3.63, 3.8) is 0 Å². The van der Waals surface area contributed by atoms with E-state index in [1.54, 1.807) is 36.5 Å². The first-order valence-corrected chi connectivity index (χ1v) is 12.6. The van der Waals surface area contributed by atoms with Gasteiger partial charge in [-0.25, -0.2) is 13.1 Å². The van der Waals surface area contributed by atoms with Crippen molar-refractivity contribution in [2.45, 2.75) is 18.0 Å². The lowest BCUT2D eigenvalue weighted by Gasteiger charge is -2.35. The fraction of sp³-hybridized carbons (Fsp3) is 0.261. The highest BCUT2D eigenvalue weighted by molar-refractivity contribution is 7.89. The number of nitrogens with zero attached hydrogens (tertiary/aromatic N) is 5. The van der Waals surface area contributed by atoms with Gasteiger partial charge >= 0.3 is 0 Å². The van der Waals surface area contributed by atoms with Gasteiger partial charge in [-0.3, -0.25) is 30.1 Å². The fourth-order valence-corrected chi connectivity index (χ4v) is 4.99. The van der Waals surface area contributed by atoms with Gasteiger partial charge in [0, 0.05) is 57.1 Å². The van der Waals surface area contributed by atoms with Crippen LogP contribution in [0.15, 0.2) is 71.8 Å². The third-order valence-electron chi connectivity index (χ3n) is 5.89. The molecule has 1 aliphatic rings. The van der Waals surface area contributed by atoms with Gasteiger partial charge in [0.15, 0.2) is 0 Å². The van der Waals surface area contributed by atoms with Gasteiger partial charge in [0.2, 0.25) is 10.0 Å². The van der Waals surface area contributed by atoms with Crippen LogP contribution in [0.4, 0.5) is 17.1 Å². The average molecular weight is 513 g/mol. The molecule has 188 valence electrons. The summed E-state index contributed by atoms with van der Waals surface area (Å²) in [5, 5.41) is 22.6. The topological polar surface area (TPSA) is 152 Å². The van der Waals surface area contributed by atoms with Gasteiger partial charge in [-0.1, -0.05) is 18.2 Å². The third kappa shape index (κ3) is 6.00. The molecule has 0 unspecified atom stereocenters. The van der Waals surface area contributed by atoms with Gasteiger partial charge in [0.1, 0.15) is 5.69 Å². The second-order valence-electron chi connectivity index (χ2n) is 8.24. The minimum absolute atomic E-state index is 0.0323. The zero-order valence-corrected chi connectivity index (χ0v) is 20.0. The number of nitro groups is 2. The summed E-state index contributed by atoms with van der Waals surface area (Å²) in [6, 6.07) is 15.4. The fourth-order valence-electron chi connectivity index (χ4n) is 3.97. The summed E-state index contributed by atoms with van der Waals surface area (Å²) >= 11 is 0. The van der Waals surface area contributed by atoms with Crippen LogP contribution in [-0.2, 0) is 23.1 Å². The van der Waals surface area contributed by atoms with E-state index in [1.807, 2.05) is 4.90 Å². The van der Waals surface area contributed by atoms with Crippen LogP contribution in [0.1, 0.15) is 11.3 Å². The third-order valence-corrected chi connectivity index (χ3v) is 7.29. The maximum absolute atomic E-state index is 12.7. The van der Waals surface area contributed by atoms with Crippen molar-refractivity contribution in [2.75, 3.05) is 31.1 Å². The standard InChI is InChI=1S/C23H24N6O6S/c30-28(31)20-6-4-18(5-7-20)17-26-11-13-27(14-12-26)22-9-8-21(15-23(22)29(32)33)36(34,35)25-16-19-3-1-2-10-24-19/h1-10,15,25H,11-14,16-17H2. The molecule has 12 nitrogen and oxygen atoms in total. The van der Waals surface area contributed by atoms with Crippen LogP contribution in [0.2, 0.25) is 0 Å². The van der Waals surface area contributed by atoms with Crippen LogP contribution in [-0.4, -0.2) is 54.3 Å². The van der Waals surface area contributed by atoms with Crippen LogP contribution in [0, 0.1) is 20.2 Å². The predicted octanol–water partition coefficient (Wildman–Crippen LogP) is 2.70. The molecule has 3 aromatic rings. The average Bonchev–Trinajstić information content (AvgIpc) is 2.88. The van der Waals surface area contributed by atoms with Crippen molar-refractivity contribution >= 4 is 27.1 Å². The first-order chi connectivity index (χ1) is 17.2. The molecule has 0 saturated carbocycles. The lowest BCUT2D eigenvalue weighted by atomic mass is 10.1. The van der Waals surface area contributed by atoms with Gasteiger partial charge < -0.3 is 4.90 Å². The molecule has 0 aliphatic carbocycles. The number of non-ortho nitro benzene ring substituents is 1. The molecule has 2 heterocycles. The van der Waals surface area contributed by atoms with Gasteiger partial charge in [0.05, 0.1) is 27.0 Å². The summed E-state index contributed by atoms with van der Waals surface area (Å²) in [4.78, 5) is 29.5. The molecule has 1 aromatic heterocycles. The number of anilines is 1. The van der Waals surface area contributed by atoms with Crippen LogP contribution < -0.4 is 9.62 Å². The number of aromatic nitrogens is 1. The van der Waals surface area contributed by atoms with Crippen molar-refractivity contribution in [3.05, 3.63) is 98.3 Å². The molecule has 0 atom stereocenters. The van der Waals surface area contributed by atoms with Gasteiger partial charge in [-0.2, -0.15) is 0 Å². The maximum Gasteiger partial charge on any atom is 0.293 e. The van der Waals surface area contributed by atoms with Gasteiger partial charge in [-0.15, -0.1) is 0 Å². The molecule has 0 radical (unpaired) electrons. The number of piperazine rings is 1. The van der Waals surface area contributed by atoms with E-state index in [2.05, 4.69) is 14.6 Å². The molecular formula is C23H24N6O6S. The van der Waals surface area contributed by atoms with Crippen molar-refractivity contribution < 1.29 is 18.3 Å². The second-order valence-corrected chi connectivity index (χ2v) is 10.0. The number of rotatable bonds is 9. The Labute approximate surface area is 207 Å². The van der Waals surface area contributed by atoms with Crippen molar-refractivity contribution in [1.82, 2.24) is 14.6 Å². The highest BCUT2D eigenvalue weighted by Crippen LogP contribution is 2.31. The van der Waals surface area contributed by atoms with E-state index in [1.165, 1.54) is 24.3 Å². The Hall–Kier alpha value is -3.94. The first-order valence-electron chi connectivity index (χ1n) is 11.1. The predicted molar refractivity (Wildman–Crippen MR) is 132 cm³/mol. The Morgan fingerprint density at radius 2 is 1.64 bits per heavy atom. The summed E-state index contributed by atoms with van der Waals surface area (Å²) < 4.78 is 27.9. The van der Waals surface area contributed by atoms with E-state index >= 15 is 0 Å². The summed E-state index contributed by atoms with van der Waals surface area (Å²) in [5.74, 6) is 0. The lowest BCUT2D eigenvalue weighted by Crippen LogP contribution is -2.46. The van der Waals surface area contributed by atoms with Gasteiger partial charge in [-0.05, 0) is 29.8 Å². The maximum atomic E-state index is 12.7.